The van der Waals surface area contributed by atoms with Crippen molar-refractivity contribution in [2.45, 2.75) is 0 Å². The number of hydrogen-bond donors (Lipinski definition) is 0. The summed E-state index contributed by atoms with van der Waals surface area (Å²) in [5, 5.41) is 10.7. The number of halogens is 2. The molecule has 0 bridgehead atoms. The van der Waals surface area contributed by atoms with Crippen LogP contribution in [0.1, 0.15) is 10.4 Å². The summed E-state index contributed by atoms with van der Waals surface area (Å²) in [6.07, 6.45) is 0.487. The number of nitro benzene ring substituents is 1. The predicted octanol–water partition coefficient (Wildman–Crippen LogP) is 3.99. The van der Waals surface area contributed by atoms with E-state index in [0.717, 1.165) is 18.2 Å². The smallest absolute Gasteiger partial charge is 0.272 e. The van der Waals surface area contributed by atoms with Crippen molar-refractivity contribution < 1.29 is 18.8 Å². The molecule has 0 fully saturated rings. The van der Waals surface area contributed by atoms with Gasteiger partial charge in [0.1, 0.15) is 5.75 Å². The molecule has 0 N–H and O–H groups in total. The van der Waals surface area contributed by atoms with Crippen molar-refractivity contribution in [2.24, 2.45) is 0 Å². The lowest BCUT2D eigenvalue weighted by molar-refractivity contribution is -0.385. The zero-order chi connectivity index (χ0) is 14.7. The van der Waals surface area contributed by atoms with E-state index in [0.29, 0.717) is 6.29 Å². The van der Waals surface area contributed by atoms with Gasteiger partial charge in [-0.3, -0.25) is 14.9 Å². The number of aldehydes is 1. The molecule has 7 heteroatoms. The molecule has 0 aliphatic carbocycles. The van der Waals surface area contributed by atoms with Gasteiger partial charge in [-0.2, -0.15) is 0 Å². The Morgan fingerprint density at radius 2 is 2.00 bits per heavy atom. The summed E-state index contributed by atoms with van der Waals surface area (Å²) in [5.74, 6) is -1.07. The molecular formula is C13H7ClFNO4. The third-order valence-electron chi connectivity index (χ3n) is 2.48. The average Bonchev–Trinajstić information content (AvgIpc) is 2.41. The number of ether oxygens (including phenoxy) is 1. The largest absolute Gasteiger partial charge is 0.453 e. The van der Waals surface area contributed by atoms with E-state index in [-0.39, 0.29) is 22.1 Å². The molecule has 0 saturated carbocycles. The van der Waals surface area contributed by atoms with Gasteiger partial charge < -0.3 is 4.74 Å². The zero-order valence-electron chi connectivity index (χ0n) is 9.88. The molecule has 0 amide bonds. The van der Waals surface area contributed by atoms with Gasteiger partial charge in [-0.1, -0.05) is 17.7 Å². The van der Waals surface area contributed by atoms with E-state index in [4.69, 9.17) is 16.3 Å². The van der Waals surface area contributed by atoms with Crippen LogP contribution in [0.3, 0.4) is 0 Å². The molecule has 0 spiro atoms. The van der Waals surface area contributed by atoms with Crippen molar-refractivity contribution >= 4 is 23.6 Å². The van der Waals surface area contributed by atoms with Gasteiger partial charge in [0.2, 0.25) is 0 Å². The van der Waals surface area contributed by atoms with Crippen LogP contribution in [0.2, 0.25) is 5.02 Å². The number of nitro groups is 1. The lowest BCUT2D eigenvalue weighted by Crippen LogP contribution is -1.95. The molecule has 5 nitrogen and oxygen atoms in total. The molecule has 0 unspecified atom stereocenters. The Balaban J connectivity index is 2.38. The van der Waals surface area contributed by atoms with Gasteiger partial charge >= 0.3 is 0 Å². The fraction of sp³-hybridized carbons (Fsp3) is 0. The van der Waals surface area contributed by atoms with Gasteiger partial charge in [0.05, 0.1) is 21.6 Å². The summed E-state index contributed by atoms with van der Waals surface area (Å²) in [6.45, 7) is 0. The highest BCUT2D eigenvalue weighted by Crippen LogP contribution is 2.31. The Morgan fingerprint density at radius 1 is 1.25 bits per heavy atom. The highest BCUT2D eigenvalue weighted by molar-refractivity contribution is 6.33. The lowest BCUT2D eigenvalue weighted by Gasteiger charge is -2.09. The van der Waals surface area contributed by atoms with Gasteiger partial charge in [-0.05, 0) is 18.2 Å². The summed E-state index contributed by atoms with van der Waals surface area (Å²) in [4.78, 5) is 20.7. The van der Waals surface area contributed by atoms with Crippen molar-refractivity contribution in [1.29, 1.82) is 0 Å². The summed E-state index contributed by atoms with van der Waals surface area (Å²) in [6, 6.07) is 7.42. The van der Waals surface area contributed by atoms with Crippen LogP contribution < -0.4 is 4.74 Å². The Morgan fingerprint density at radius 3 is 2.60 bits per heavy atom. The molecule has 2 rings (SSSR count). The SMILES string of the molecule is O=Cc1c(Cl)cccc1Oc1ccc([N+](=O)[O-])cc1F. The number of hydrogen-bond acceptors (Lipinski definition) is 4. The molecule has 0 aliphatic heterocycles. The summed E-state index contributed by atoms with van der Waals surface area (Å²) >= 11 is 5.81. The first-order valence-electron chi connectivity index (χ1n) is 5.38. The Kier molecular flexibility index (Phi) is 3.95. The number of nitrogens with zero attached hydrogens (tertiary/aromatic N) is 1. The molecule has 0 aliphatic rings. The fourth-order valence-corrected chi connectivity index (χ4v) is 1.74. The van der Waals surface area contributed by atoms with Crippen LogP contribution in [-0.2, 0) is 0 Å². The van der Waals surface area contributed by atoms with Crippen LogP contribution in [0.15, 0.2) is 36.4 Å². The van der Waals surface area contributed by atoms with E-state index in [9.17, 15) is 19.3 Å². The van der Waals surface area contributed by atoms with Crippen LogP contribution in [0.5, 0.6) is 11.5 Å². The van der Waals surface area contributed by atoms with E-state index in [2.05, 4.69) is 0 Å². The molecule has 0 aromatic heterocycles. The number of rotatable bonds is 4. The molecule has 2 aromatic rings. The number of benzene rings is 2. The second-order valence-corrected chi connectivity index (χ2v) is 4.15. The van der Waals surface area contributed by atoms with Gasteiger partial charge in [0, 0.05) is 6.07 Å². The van der Waals surface area contributed by atoms with Gasteiger partial charge in [0.25, 0.3) is 5.69 Å². The van der Waals surface area contributed by atoms with E-state index in [1.807, 2.05) is 0 Å². The maximum absolute atomic E-state index is 13.7. The molecular weight excluding hydrogens is 289 g/mol. The first-order chi connectivity index (χ1) is 9.52. The van der Waals surface area contributed by atoms with Crippen LogP contribution in [0.25, 0.3) is 0 Å². The average molecular weight is 296 g/mol. The minimum Gasteiger partial charge on any atom is -0.453 e. The standard InChI is InChI=1S/C13H7ClFNO4/c14-10-2-1-3-12(9(10)7-17)20-13-5-4-8(16(18)19)6-11(13)15/h1-7H. The van der Waals surface area contributed by atoms with E-state index in [1.165, 1.54) is 18.2 Å². The normalized spacial score (nSPS) is 10.1. The van der Waals surface area contributed by atoms with Crippen molar-refractivity contribution in [3.8, 4) is 11.5 Å². The summed E-state index contributed by atoms with van der Waals surface area (Å²) in [5.41, 5.74) is -0.316. The maximum atomic E-state index is 13.7. The van der Waals surface area contributed by atoms with Gasteiger partial charge in [-0.15, -0.1) is 0 Å². The second kappa shape index (κ2) is 5.66. The lowest BCUT2D eigenvalue weighted by atomic mass is 10.2. The minimum absolute atomic E-state index is 0.0697. The molecule has 0 atom stereocenters. The number of carbonyl (C=O) groups is 1. The maximum Gasteiger partial charge on any atom is 0.272 e. The fourth-order valence-electron chi connectivity index (χ4n) is 1.53. The molecule has 2 aromatic carbocycles. The van der Waals surface area contributed by atoms with E-state index in [1.54, 1.807) is 0 Å². The first kappa shape index (κ1) is 14.0. The minimum atomic E-state index is -0.906. The predicted molar refractivity (Wildman–Crippen MR) is 70.0 cm³/mol. The first-order valence-corrected chi connectivity index (χ1v) is 5.76. The van der Waals surface area contributed by atoms with Crippen molar-refractivity contribution in [3.63, 3.8) is 0 Å². The molecule has 102 valence electrons. The van der Waals surface area contributed by atoms with Crippen LogP contribution in [0, 0.1) is 15.9 Å². The zero-order valence-corrected chi connectivity index (χ0v) is 10.6. The van der Waals surface area contributed by atoms with Crippen LogP contribution >= 0.6 is 11.6 Å². The monoisotopic (exact) mass is 295 g/mol. The molecule has 0 heterocycles. The Labute approximate surface area is 117 Å². The molecule has 20 heavy (non-hydrogen) atoms. The number of carbonyl (C=O) groups excluding carboxylic acids is 1. The third-order valence-corrected chi connectivity index (χ3v) is 2.81. The molecule has 0 radical (unpaired) electrons. The van der Waals surface area contributed by atoms with Gasteiger partial charge in [-0.25, -0.2) is 4.39 Å². The van der Waals surface area contributed by atoms with Gasteiger partial charge in [0.15, 0.2) is 17.9 Å². The highest BCUT2D eigenvalue weighted by Gasteiger charge is 2.14. The van der Waals surface area contributed by atoms with Crippen molar-refractivity contribution in [2.75, 3.05) is 0 Å². The van der Waals surface area contributed by atoms with Crippen LogP contribution in [-0.4, -0.2) is 11.2 Å². The summed E-state index contributed by atoms with van der Waals surface area (Å²) in [7, 11) is 0. The topological polar surface area (TPSA) is 69.4 Å². The quantitative estimate of drug-likeness (QED) is 0.486. The molecule has 0 saturated heterocycles. The van der Waals surface area contributed by atoms with E-state index >= 15 is 0 Å². The number of non-ortho nitro benzene ring substituents is 1. The Hall–Kier alpha value is -2.47. The van der Waals surface area contributed by atoms with E-state index < -0.39 is 16.4 Å². The van der Waals surface area contributed by atoms with Crippen molar-refractivity contribution in [1.82, 2.24) is 0 Å². The third kappa shape index (κ3) is 2.75. The Bertz CT molecular complexity index is 690. The second-order valence-electron chi connectivity index (χ2n) is 3.74. The highest BCUT2D eigenvalue weighted by atomic mass is 35.5. The van der Waals surface area contributed by atoms with Crippen LogP contribution in [0.4, 0.5) is 10.1 Å². The van der Waals surface area contributed by atoms with Crippen molar-refractivity contribution in [3.05, 3.63) is 62.9 Å². The summed E-state index contributed by atoms with van der Waals surface area (Å²) < 4.78 is 18.9.